The second-order valence-corrected chi connectivity index (χ2v) is 7.68. The van der Waals surface area contributed by atoms with Crippen molar-refractivity contribution in [2.45, 2.75) is 46.0 Å². The van der Waals surface area contributed by atoms with Gasteiger partial charge in [-0.25, -0.2) is 0 Å². The number of carbonyl (C=O) groups is 1. The van der Waals surface area contributed by atoms with Crippen LogP contribution in [0, 0.1) is 0 Å². The molecule has 32 heavy (non-hydrogen) atoms. The SMILES string of the molecule is CCCCCCCOc1cccc(NC(=S)NC(=O)c2cccc(OCCOCC)c2)c1. The van der Waals surface area contributed by atoms with E-state index < -0.39 is 0 Å². The first-order chi connectivity index (χ1) is 15.6. The van der Waals surface area contributed by atoms with Crippen LogP contribution in [0.4, 0.5) is 5.69 Å². The van der Waals surface area contributed by atoms with E-state index in [1.54, 1.807) is 24.3 Å². The maximum atomic E-state index is 12.5. The predicted octanol–water partition coefficient (Wildman–Crippen LogP) is 5.58. The molecule has 0 atom stereocenters. The van der Waals surface area contributed by atoms with Crippen molar-refractivity contribution in [1.82, 2.24) is 5.32 Å². The number of hydrogen-bond acceptors (Lipinski definition) is 5. The number of nitrogens with one attached hydrogen (secondary N) is 2. The van der Waals surface area contributed by atoms with Crippen LogP contribution in [0.1, 0.15) is 56.3 Å². The van der Waals surface area contributed by atoms with Gasteiger partial charge in [0.15, 0.2) is 5.11 Å². The van der Waals surface area contributed by atoms with Crippen molar-refractivity contribution in [2.75, 3.05) is 31.7 Å². The van der Waals surface area contributed by atoms with E-state index in [1.807, 2.05) is 31.2 Å². The summed E-state index contributed by atoms with van der Waals surface area (Å²) < 4.78 is 16.7. The molecule has 0 aliphatic heterocycles. The third-order valence-corrected chi connectivity index (χ3v) is 4.84. The van der Waals surface area contributed by atoms with Gasteiger partial charge in [-0.2, -0.15) is 0 Å². The molecular weight excluding hydrogens is 424 g/mol. The molecule has 2 N–H and O–H groups in total. The lowest BCUT2D eigenvalue weighted by molar-refractivity contribution is 0.0976. The van der Waals surface area contributed by atoms with Crippen LogP contribution in [0.15, 0.2) is 48.5 Å². The average Bonchev–Trinajstić information content (AvgIpc) is 2.79. The van der Waals surface area contributed by atoms with Gasteiger partial charge in [0, 0.05) is 23.9 Å². The van der Waals surface area contributed by atoms with Crippen LogP contribution in [0.3, 0.4) is 0 Å². The van der Waals surface area contributed by atoms with Crippen molar-refractivity contribution in [3.05, 3.63) is 54.1 Å². The van der Waals surface area contributed by atoms with E-state index in [-0.39, 0.29) is 11.0 Å². The summed E-state index contributed by atoms with van der Waals surface area (Å²) in [6.07, 6.45) is 5.98. The van der Waals surface area contributed by atoms with Gasteiger partial charge in [0.1, 0.15) is 18.1 Å². The van der Waals surface area contributed by atoms with Crippen molar-refractivity contribution in [2.24, 2.45) is 0 Å². The Hall–Kier alpha value is -2.64. The summed E-state index contributed by atoms with van der Waals surface area (Å²) in [5, 5.41) is 5.95. The molecule has 0 heterocycles. The molecule has 0 saturated carbocycles. The van der Waals surface area contributed by atoms with Crippen LogP contribution in [-0.4, -0.2) is 37.4 Å². The number of hydrogen-bond donors (Lipinski definition) is 2. The first-order valence-corrected chi connectivity index (χ1v) is 11.7. The number of unbranched alkanes of at least 4 members (excludes halogenated alkanes) is 4. The molecule has 0 fully saturated rings. The molecule has 7 heteroatoms. The van der Waals surface area contributed by atoms with Gasteiger partial charge >= 0.3 is 0 Å². The van der Waals surface area contributed by atoms with Crippen LogP contribution >= 0.6 is 12.2 Å². The minimum Gasteiger partial charge on any atom is -0.494 e. The van der Waals surface area contributed by atoms with E-state index in [0.29, 0.717) is 37.7 Å². The molecule has 0 spiro atoms. The zero-order valence-electron chi connectivity index (χ0n) is 19.0. The normalized spacial score (nSPS) is 10.4. The van der Waals surface area contributed by atoms with Crippen molar-refractivity contribution in [1.29, 1.82) is 0 Å². The molecule has 2 rings (SSSR count). The van der Waals surface area contributed by atoms with Gasteiger partial charge in [-0.3, -0.25) is 10.1 Å². The maximum Gasteiger partial charge on any atom is 0.257 e. The molecule has 0 aromatic heterocycles. The van der Waals surface area contributed by atoms with Crippen molar-refractivity contribution >= 4 is 28.9 Å². The van der Waals surface area contributed by atoms with E-state index in [9.17, 15) is 4.79 Å². The fraction of sp³-hybridized carbons (Fsp3) is 0.440. The molecule has 6 nitrogen and oxygen atoms in total. The summed E-state index contributed by atoms with van der Waals surface area (Å²) in [6, 6.07) is 14.5. The predicted molar refractivity (Wildman–Crippen MR) is 133 cm³/mol. The highest BCUT2D eigenvalue weighted by Crippen LogP contribution is 2.18. The first kappa shape index (κ1) is 25.6. The number of anilines is 1. The third-order valence-electron chi connectivity index (χ3n) is 4.63. The number of thiocarbonyl (C=S) groups is 1. The number of amides is 1. The molecule has 0 radical (unpaired) electrons. The van der Waals surface area contributed by atoms with Crippen LogP contribution < -0.4 is 20.1 Å². The van der Waals surface area contributed by atoms with E-state index >= 15 is 0 Å². The number of benzene rings is 2. The van der Waals surface area contributed by atoms with Crippen molar-refractivity contribution in [3.8, 4) is 11.5 Å². The van der Waals surface area contributed by atoms with Gasteiger partial charge < -0.3 is 19.5 Å². The van der Waals surface area contributed by atoms with Crippen LogP contribution in [0.2, 0.25) is 0 Å². The highest BCUT2D eigenvalue weighted by molar-refractivity contribution is 7.80. The zero-order valence-corrected chi connectivity index (χ0v) is 19.8. The van der Waals surface area contributed by atoms with E-state index in [4.69, 9.17) is 26.4 Å². The minimum atomic E-state index is -0.308. The fourth-order valence-electron chi connectivity index (χ4n) is 2.99. The van der Waals surface area contributed by atoms with Crippen molar-refractivity contribution in [3.63, 3.8) is 0 Å². The second kappa shape index (κ2) is 15.2. The quantitative estimate of drug-likeness (QED) is 0.285. The smallest absolute Gasteiger partial charge is 0.257 e. The van der Waals surface area contributed by atoms with Crippen LogP contribution in [0.5, 0.6) is 11.5 Å². The first-order valence-electron chi connectivity index (χ1n) is 11.3. The topological polar surface area (TPSA) is 68.8 Å². The van der Waals surface area contributed by atoms with Gasteiger partial charge in [-0.15, -0.1) is 0 Å². The molecular formula is C25H34N2O4S. The fourth-order valence-corrected chi connectivity index (χ4v) is 3.20. The summed E-state index contributed by atoms with van der Waals surface area (Å²) in [4.78, 5) is 12.5. The van der Waals surface area contributed by atoms with E-state index in [1.165, 1.54) is 25.7 Å². The molecule has 0 unspecified atom stereocenters. The lowest BCUT2D eigenvalue weighted by Gasteiger charge is -2.12. The monoisotopic (exact) mass is 458 g/mol. The summed E-state index contributed by atoms with van der Waals surface area (Å²) in [7, 11) is 0. The Labute approximate surface area is 196 Å². The maximum absolute atomic E-state index is 12.5. The van der Waals surface area contributed by atoms with Gasteiger partial charge in [0.2, 0.25) is 0 Å². The highest BCUT2D eigenvalue weighted by Gasteiger charge is 2.10. The molecule has 0 aliphatic rings. The number of carbonyl (C=O) groups excluding carboxylic acids is 1. The second-order valence-electron chi connectivity index (χ2n) is 7.27. The van der Waals surface area contributed by atoms with Gasteiger partial charge in [-0.05, 0) is 55.9 Å². The molecule has 2 aromatic rings. The van der Waals surface area contributed by atoms with E-state index in [0.717, 1.165) is 17.9 Å². The van der Waals surface area contributed by atoms with Gasteiger partial charge in [0.25, 0.3) is 5.91 Å². The largest absolute Gasteiger partial charge is 0.494 e. The summed E-state index contributed by atoms with van der Waals surface area (Å²) in [6.45, 7) is 6.40. The highest BCUT2D eigenvalue weighted by atomic mass is 32.1. The molecule has 0 saturated heterocycles. The summed E-state index contributed by atoms with van der Waals surface area (Å²) >= 11 is 5.30. The van der Waals surface area contributed by atoms with Gasteiger partial charge in [0.05, 0.1) is 13.2 Å². The minimum absolute atomic E-state index is 0.217. The molecule has 174 valence electrons. The molecule has 0 aliphatic carbocycles. The lowest BCUT2D eigenvalue weighted by atomic mass is 10.2. The number of ether oxygens (including phenoxy) is 3. The summed E-state index contributed by atoms with van der Waals surface area (Å²) in [5.74, 6) is 1.07. The van der Waals surface area contributed by atoms with Gasteiger partial charge in [-0.1, -0.05) is 44.7 Å². The van der Waals surface area contributed by atoms with E-state index in [2.05, 4.69) is 17.6 Å². The Balaban J connectivity index is 1.80. The standard InChI is InChI=1S/C25H34N2O4S/c1-3-5-6-7-8-15-30-23-14-10-12-21(19-23)26-25(32)27-24(28)20-11-9-13-22(18-20)31-17-16-29-4-2/h9-14,18-19H,3-8,15-17H2,1-2H3,(H2,26,27,28,32). The number of rotatable bonds is 14. The Kier molecular flexibility index (Phi) is 12.2. The Morgan fingerprint density at radius 3 is 2.38 bits per heavy atom. The Morgan fingerprint density at radius 2 is 1.59 bits per heavy atom. The Morgan fingerprint density at radius 1 is 0.875 bits per heavy atom. The van der Waals surface area contributed by atoms with Crippen LogP contribution in [0.25, 0.3) is 0 Å². The molecule has 2 aromatic carbocycles. The zero-order chi connectivity index (χ0) is 23.0. The Bertz CT molecular complexity index is 844. The molecule has 0 bridgehead atoms. The van der Waals surface area contributed by atoms with Crippen LogP contribution in [-0.2, 0) is 4.74 Å². The molecule has 1 amide bonds. The summed E-state index contributed by atoms with van der Waals surface area (Å²) in [5.41, 5.74) is 1.22. The average molecular weight is 459 g/mol. The van der Waals surface area contributed by atoms with Crippen molar-refractivity contribution < 1.29 is 19.0 Å². The third kappa shape index (κ3) is 10.1. The lowest BCUT2D eigenvalue weighted by Crippen LogP contribution is -2.34.